The van der Waals surface area contributed by atoms with Crippen molar-refractivity contribution in [2.75, 3.05) is 18.5 Å². The molecule has 0 spiro atoms. The zero-order chi connectivity index (χ0) is 18.9. The van der Waals surface area contributed by atoms with Crippen LogP contribution in [0.5, 0.6) is 11.5 Å². The number of allylic oxidation sites excluding steroid dienone is 1. The molecule has 0 saturated carbocycles. The predicted octanol–water partition coefficient (Wildman–Crippen LogP) is 5.05. The van der Waals surface area contributed by atoms with Crippen LogP contribution in [0.3, 0.4) is 0 Å². The van der Waals surface area contributed by atoms with E-state index in [2.05, 4.69) is 55.9 Å². The van der Waals surface area contributed by atoms with Gasteiger partial charge in [-0.2, -0.15) is 0 Å². The summed E-state index contributed by atoms with van der Waals surface area (Å²) in [7, 11) is 0. The summed E-state index contributed by atoms with van der Waals surface area (Å²) >= 11 is 0. The largest absolute Gasteiger partial charge is 0.490 e. The third-order valence-corrected chi connectivity index (χ3v) is 4.24. The van der Waals surface area contributed by atoms with Gasteiger partial charge in [-0.25, -0.2) is 0 Å². The second-order valence-corrected chi connectivity index (χ2v) is 6.10. The van der Waals surface area contributed by atoms with Crippen LogP contribution < -0.4 is 14.8 Å². The van der Waals surface area contributed by atoms with Crippen LogP contribution in [0.1, 0.15) is 29.2 Å². The Morgan fingerprint density at radius 3 is 2.73 bits per heavy atom. The summed E-state index contributed by atoms with van der Waals surface area (Å²) in [6.07, 6.45) is 7.90. The van der Waals surface area contributed by atoms with E-state index in [0.717, 1.165) is 22.6 Å². The van der Waals surface area contributed by atoms with Gasteiger partial charge in [0, 0.05) is 17.8 Å². The fourth-order valence-corrected chi connectivity index (χ4v) is 2.81. The Morgan fingerprint density at radius 1 is 1.23 bits per heavy atom. The molecule has 1 N–H and O–H groups in total. The number of anilines is 1. The molecule has 3 nitrogen and oxygen atoms in total. The zero-order valence-electron chi connectivity index (χ0n) is 15.9. The molecule has 0 aliphatic rings. The molecule has 0 heterocycles. The molecule has 0 bridgehead atoms. The Kier molecular flexibility index (Phi) is 7.17. The van der Waals surface area contributed by atoms with Crippen LogP contribution in [0.15, 0.2) is 43.0 Å². The number of hydrogen-bond acceptors (Lipinski definition) is 3. The molecular weight excluding hydrogens is 322 g/mol. The van der Waals surface area contributed by atoms with E-state index in [1.165, 1.54) is 11.1 Å². The highest BCUT2D eigenvalue weighted by atomic mass is 16.5. The fourth-order valence-electron chi connectivity index (χ4n) is 2.81. The standard InChI is InChI=1S/C23H27NO2/c1-6-10-20-14-19(15-22(25-8-3)23(20)26-13-7-2)16-24-21-12-9-11-17(4)18(21)5/h2,6,9,11-12,14-15,24H,1,8,10,13,16H2,3-5H3. The minimum Gasteiger partial charge on any atom is -0.490 e. The zero-order valence-corrected chi connectivity index (χ0v) is 15.9. The Labute approximate surface area is 157 Å². The van der Waals surface area contributed by atoms with Crippen LogP contribution in [0, 0.1) is 26.2 Å². The third kappa shape index (κ3) is 4.83. The molecule has 0 unspecified atom stereocenters. The molecule has 0 amide bonds. The van der Waals surface area contributed by atoms with Crippen molar-refractivity contribution in [2.45, 2.75) is 33.7 Å². The van der Waals surface area contributed by atoms with Crippen molar-refractivity contribution < 1.29 is 9.47 Å². The number of aryl methyl sites for hydroxylation is 1. The van der Waals surface area contributed by atoms with Crippen LogP contribution in [0.4, 0.5) is 5.69 Å². The molecule has 3 heteroatoms. The van der Waals surface area contributed by atoms with Crippen molar-refractivity contribution in [1.82, 2.24) is 0 Å². The topological polar surface area (TPSA) is 30.5 Å². The van der Waals surface area contributed by atoms with Gasteiger partial charge in [0.05, 0.1) is 6.61 Å². The lowest BCUT2D eigenvalue weighted by molar-refractivity contribution is 0.297. The monoisotopic (exact) mass is 349 g/mol. The number of benzene rings is 2. The third-order valence-electron chi connectivity index (χ3n) is 4.24. The average molecular weight is 349 g/mol. The van der Waals surface area contributed by atoms with Gasteiger partial charge >= 0.3 is 0 Å². The molecule has 0 aliphatic carbocycles. The van der Waals surface area contributed by atoms with Gasteiger partial charge in [0.25, 0.3) is 0 Å². The molecule has 136 valence electrons. The molecule has 0 atom stereocenters. The van der Waals surface area contributed by atoms with Crippen molar-refractivity contribution in [2.24, 2.45) is 0 Å². The summed E-state index contributed by atoms with van der Waals surface area (Å²) in [6.45, 7) is 11.5. The van der Waals surface area contributed by atoms with Crippen LogP contribution in [-0.2, 0) is 13.0 Å². The summed E-state index contributed by atoms with van der Waals surface area (Å²) in [5.74, 6) is 3.94. The first-order chi connectivity index (χ1) is 12.6. The lowest BCUT2D eigenvalue weighted by Crippen LogP contribution is -2.06. The number of nitrogens with one attached hydrogen (secondary N) is 1. The van der Waals surface area contributed by atoms with Gasteiger partial charge in [-0.1, -0.05) is 24.1 Å². The highest BCUT2D eigenvalue weighted by Crippen LogP contribution is 2.34. The van der Waals surface area contributed by atoms with Gasteiger partial charge in [-0.3, -0.25) is 0 Å². The Bertz CT molecular complexity index is 803. The molecule has 0 aliphatic heterocycles. The quantitative estimate of drug-likeness (QED) is 0.507. The van der Waals surface area contributed by atoms with Gasteiger partial charge in [-0.05, 0) is 62.1 Å². The molecule has 2 rings (SSSR count). The van der Waals surface area contributed by atoms with E-state index >= 15 is 0 Å². The van der Waals surface area contributed by atoms with Gasteiger partial charge in [0.1, 0.15) is 6.61 Å². The molecule has 26 heavy (non-hydrogen) atoms. The first-order valence-electron chi connectivity index (χ1n) is 8.86. The van der Waals surface area contributed by atoms with E-state index in [-0.39, 0.29) is 6.61 Å². The molecule has 2 aromatic carbocycles. The van der Waals surface area contributed by atoms with Gasteiger partial charge in [0.15, 0.2) is 11.5 Å². The highest BCUT2D eigenvalue weighted by Gasteiger charge is 2.13. The van der Waals surface area contributed by atoms with Crippen molar-refractivity contribution in [3.8, 4) is 23.8 Å². The maximum atomic E-state index is 5.80. The summed E-state index contributed by atoms with van der Waals surface area (Å²) in [6, 6.07) is 10.4. The molecule has 0 saturated heterocycles. The second kappa shape index (κ2) is 9.58. The molecule has 0 fully saturated rings. The fraction of sp³-hybridized carbons (Fsp3) is 0.304. The first kappa shape index (κ1) is 19.5. The second-order valence-electron chi connectivity index (χ2n) is 6.10. The van der Waals surface area contributed by atoms with E-state index in [1.807, 2.05) is 19.1 Å². The van der Waals surface area contributed by atoms with Crippen molar-refractivity contribution >= 4 is 5.69 Å². The van der Waals surface area contributed by atoms with Gasteiger partial charge < -0.3 is 14.8 Å². The Morgan fingerprint density at radius 2 is 2.04 bits per heavy atom. The van der Waals surface area contributed by atoms with Crippen LogP contribution in [0.2, 0.25) is 0 Å². The predicted molar refractivity (Wildman–Crippen MR) is 109 cm³/mol. The summed E-state index contributed by atoms with van der Waals surface area (Å²) in [4.78, 5) is 0. The van der Waals surface area contributed by atoms with Crippen LogP contribution >= 0.6 is 0 Å². The maximum absolute atomic E-state index is 5.80. The smallest absolute Gasteiger partial charge is 0.166 e. The van der Waals surface area contributed by atoms with Gasteiger partial charge in [0.2, 0.25) is 0 Å². The number of rotatable bonds is 9. The van der Waals surface area contributed by atoms with Crippen LogP contribution in [0.25, 0.3) is 0 Å². The van der Waals surface area contributed by atoms with E-state index < -0.39 is 0 Å². The molecule has 0 aromatic heterocycles. The van der Waals surface area contributed by atoms with Crippen molar-refractivity contribution in [3.63, 3.8) is 0 Å². The number of ether oxygens (including phenoxy) is 2. The molecule has 0 radical (unpaired) electrons. The minimum atomic E-state index is 0.213. The minimum absolute atomic E-state index is 0.213. The summed E-state index contributed by atoms with van der Waals surface area (Å²) in [5.41, 5.74) is 5.83. The molecule has 2 aromatic rings. The summed E-state index contributed by atoms with van der Waals surface area (Å²) < 4.78 is 11.5. The Hall–Kier alpha value is -2.86. The molecular formula is C23H27NO2. The maximum Gasteiger partial charge on any atom is 0.166 e. The highest BCUT2D eigenvalue weighted by molar-refractivity contribution is 5.55. The number of terminal acetylenes is 1. The van der Waals surface area contributed by atoms with E-state index in [0.29, 0.717) is 25.3 Å². The first-order valence-corrected chi connectivity index (χ1v) is 8.86. The number of hydrogen-bond donors (Lipinski definition) is 1. The lowest BCUT2D eigenvalue weighted by Gasteiger charge is -2.17. The van der Waals surface area contributed by atoms with E-state index in [9.17, 15) is 0 Å². The SMILES string of the molecule is C#CCOc1c(CC=C)cc(CNc2cccc(C)c2C)cc1OCC. The Balaban J connectivity index is 2.31. The average Bonchev–Trinajstić information content (AvgIpc) is 2.63. The van der Waals surface area contributed by atoms with E-state index in [1.54, 1.807) is 0 Å². The van der Waals surface area contributed by atoms with Gasteiger partial charge in [-0.15, -0.1) is 13.0 Å². The van der Waals surface area contributed by atoms with Crippen molar-refractivity contribution in [3.05, 3.63) is 65.2 Å². The normalized spacial score (nSPS) is 10.1. The van der Waals surface area contributed by atoms with Crippen molar-refractivity contribution in [1.29, 1.82) is 0 Å². The summed E-state index contributed by atoms with van der Waals surface area (Å²) in [5, 5.41) is 3.52. The van der Waals surface area contributed by atoms with Crippen LogP contribution in [-0.4, -0.2) is 13.2 Å². The van der Waals surface area contributed by atoms with E-state index in [4.69, 9.17) is 15.9 Å². The lowest BCUT2D eigenvalue weighted by atomic mass is 10.0.